The van der Waals surface area contributed by atoms with Gasteiger partial charge in [0.2, 0.25) is 0 Å². The summed E-state index contributed by atoms with van der Waals surface area (Å²) in [5.41, 5.74) is 7.51. The van der Waals surface area contributed by atoms with Crippen molar-refractivity contribution in [2.75, 3.05) is 20.3 Å². The summed E-state index contributed by atoms with van der Waals surface area (Å²) in [5, 5.41) is 0. The predicted molar refractivity (Wildman–Crippen MR) is 99.1 cm³/mol. The lowest BCUT2D eigenvalue weighted by Gasteiger charge is -2.18. The van der Waals surface area contributed by atoms with Crippen molar-refractivity contribution in [3.63, 3.8) is 0 Å². The Hall–Kier alpha value is -3.35. The van der Waals surface area contributed by atoms with Crippen molar-refractivity contribution in [1.29, 1.82) is 0 Å². The van der Waals surface area contributed by atoms with Crippen molar-refractivity contribution >= 4 is 17.8 Å². The summed E-state index contributed by atoms with van der Waals surface area (Å²) in [6, 6.07) is 14.0. The van der Waals surface area contributed by atoms with Gasteiger partial charge >= 0.3 is 5.97 Å². The van der Waals surface area contributed by atoms with Gasteiger partial charge in [-0.05, 0) is 30.2 Å². The minimum absolute atomic E-state index is 0.166. The number of nitrogens with two attached hydrogens (primary N) is 1. The van der Waals surface area contributed by atoms with Crippen molar-refractivity contribution in [3.05, 3.63) is 65.2 Å². The maximum atomic E-state index is 12.1. The van der Waals surface area contributed by atoms with Gasteiger partial charge in [-0.25, -0.2) is 4.79 Å². The summed E-state index contributed by atoms with van der Waals surface area (Å²) in [6.45, 7) is 1.57. The van der Waals surface area contributed by atoms with Gasteiger partial charge < -0.3 is 20.1 Å². The lowest BCUT2D eigenvalue weighted by Crippen LogP contribution is -2.31. The Labute approximate surface area is 157 Å². The van der Waals surface area contributed by atoms with E-state index in [1.807, 2.05) is 31.2 Å². The van der Waals surface area contributed by atoms with Gasteiger partial charge in [0.1, 0.15) is 5.75 Å². The van der Waals surface area contributed by atoms with Crippen LogP contribution in [0.4, 0.5) is 0 Å². The fraction of sp³-hybridized carbons (Fsp3) is 0.250. The molecule has 7 heteroatoms. The predicted octanol–water partition coefficient (Wildman–Crippen LogP) is 1.67. The van der Waals surface area contributed by atoms with Crippen molar-refractivity contribution < 1.29 is 23.9 Å². The molecule has 27 heavy (non-hydrogen) atoms. The number of likely N-dealkylation sites (N-methyl/N-ethyl adjacent to an activating group) is 1. The van der Waals surface area contributed by atoms with Crippen LogP contribution in [0, 0.1) is 6.92 Å². The van der Waals surface area contributed by atoms with Crippen LogP contribution in [0.1, 0.15) is 21.5 Å². The molecule has 2 aromatic rings. The molecular formula is C20H22N2O5. The number of primary amides is 1. The Kier molecular flexibility index (Phi) is 6.93. The first-order chi connectivity index (χ1) is 12.9. The van der Waals surface area contributed by atoms with Crippen molar-refractivity contribution in [3.8, 4) is 5.75 Å². The smallest absolute Gasteiger partial charge is 0.344 e. The average Bonchev–Trinajstić information content (AvgIpc) is 2.66. The van der Waals surface area contributed by atoms with Crippen LogP contribution in [0.5, 0.6) is 5.75 Å². The number of benzene rings is 2. The van der Waals surface area contributed by atoms with E-state index in [0.29, 0.717) is 6.54 Å². The van der Waals surface area contributed by atoms with Gasteiger partial charge in [0, 0.05) is 13.6 Å². The van der Waals surface area contributed by atoms with Crippen LogP contribution in [0.15, 0.2) is 48.5 Å². The number of para-hydroxylation sites is 1. The molecule has 7 nitrogen and oxygen atoms in total. The monoisotopic (exact) mass is 370 g/mol. The summed E-state index contributed by atoms with van der Waals surface area (Å²) < 4.78 is 10.2. The zero-order valence-corrected chi connectivity index (χ0v) is 15.3. The van der Waals surface area contributed by atoms with Gasteiger partial charge in [0.15, 0.2) is 13.2 Å². The van der Waals surface area contributed by atoms with Crippen molar-refractivity contribution in [2.24, 2.45) is 5.73 Å². The van der Waals surface area contributed by atoms with Crippen LogP contribution in [0.2, 0.25) is 0 Å². The molecule has 0 fully saturated rings. The van der Waals surface area contributed by atoms with Crippen LogP contribution in [0.25, 0.3) is 0 Å². The molecule has 2 aromatic carbocycles. The van der Waals surface area contributed by atoms with Crippen LogP contribution in [0.3, 0.4) is 0 Å². The highest BCUT2D eigenvalue weighted by atomic mass is 16.6. The molecule has 0 aromatic heterocycles. The zero-order valence-electron chi connectivity index (χ0n) is 15.3. The number of carbonyl (C=O) groups is 3. The van der Waals surface area contributed by atoms with Gasteiger partial charge in [0.25, 0.3) is 11.8 Å². The number of carbonyl (C=O) groups excluding carboxylic acids is 3. The SMILES string of the molecule is Cc1ccccc1CN(C)C(=O)COC(=O)COc1ccccc1C(N)=O. The summed E-state index contributed by atoms with van der Waals surface area (Å²) in [5.74, 6) is -1.52. The third kappa shape index (κ3) is 5.85. The largest absolute Gasteiger partial charge is 0.481 e. The Morgan fingerprint density at radius 2 is 1.67 bits per heavy atom. The van der Waals surface area contributed by atoms with E-state index in [0.717, 1.165) is 11.1 Å². The van der Waals surface area contributed by atoms with Crippen LogP contribution < -0.4 is 10.5 Å². The molecule has 142 valence electrons. The molecular weight excluding hydrogens is 348 g/mol. The number of amides is 2. The van der Waals surface area contributed by atoms with Crippen LogP contribution in [-0.2, 0) is 20.9 Å². The molecule has 0 radical (unpaired) electrons. The van der Waals surface area contributed by atoms with Crippen molar-refractivity contribution in [2.45, 2.75) is 13.5 Å². The van der Waals surface area contributed by atoms with E-state index in [1.165, 1.54) is 17.0 Å². The van der Waals surface area contributed by atoms with E-state index in [4.69, 9.17) is 15.2 Å². The molecule has 0 saturated carbocycles. The minimum atomic E-state index is -0.716. The first-order valence-electron chi connectivity index (χ1n) is 8.34. The number of rotatable bonds is 8. The molecule has 2 amide bonds. The topological polar surface area (TPSA) is 98.9 Å². The second-order valence-electron chi connectivity index (χ2n) is 5.99. The lowest BCUT2D eigenvalue weighted by molar-refractivity contribution is -0.153. The normalized spacial score (nSPS) is 10.1. The fourth-order valence-electron chi connectivity index (χ4n) is 2.36. The lowest BCUT2D eigenvalue weighted by atomic mass is 10.1. The first kappa shape index (κ1) is 20.0. The number of hydrogen-bond acceptors (Lipinski definition) is 5. The minimum Gasteiger partial charge on any atom is -0.481 e. The van der Waals surface area contributed by atoms with Crippen LogP contribution in [-0.4, -0.2) is 42.9 Å². The molecule has 0 aliphatic rings. The van der Waals surface area contributed by atoms with E-state index in [9.17, 15) is 14.4 Å². The number of nitrogens with zero attached hydrogens (tertiary/aromatic N) is 1. The fourth-order valence-corrected chi connectivity index (χ4v) is 2.36. The molecule has 0 heterocycles. The molecule has 2 rings (SSSR count). The van der Waals surface area contributed by atoms with Gasteiger partial charge in [-0.2, -0.15) is 0 Å². The molecule has 0 aliphatic carbocycles. The average molecular weight is 370 g/mol. The molecule has 2 N–H and O–H groups in total. The molecule has 0 atom stereocenters. The summed E-state index contributed by atoms with van der Waals surface area (Å²) >= 11 is 0. The van der Waals surface area contributed by atoms with E-state index in [1.54, 1.807) is 19.2 Å². The Balaban J connectivity index is 1.80. The van der Waals surface area contributed by atoms with Gasteiger partial charge in [-0.1, -0.05) is 36.4 Å². The summed E-state index contributed by atoms with van der Waals surface area (Å²) in [7, 11) is 1.64. The van der Waals surface area contributed by atoms with E-state index >= 15 is 0 Å². The number of aryl methyl sites for hydroxylation is 1. The zero-order chi connectivity index (χ0) is 19.8. The second-order valence-corrected chi connectivity index (χ2v) is 5.99. The molecule has 0 unspecified atom stereocenters. The highest BCUT2D eigenvalue weighted by Gasteiger charge is 2.15. The molecule has 0 saturated heterocycles. The maximum Gasteiger partial charge on any atom is 0.344 e. The van der Waals surface area contributed by atoms with Gasteiger partial charge in [-0.3, -0.25) is 9.59 Å². The summed E-state index contributed by atoms with van der Waals surface area (Å²) in [4.78, 5) is 36.7. The number of hydrogen-bond donors (Lipinski definition) is 1. The Morgan fingerprint density at radius 3 is 2.37 bits per heavy atom. The van der Waals surface area contributed by atoms with Crippen LogP contribution >= 0.6 is 0 Å². The third-order valence-electron chi connectivity index (χ3n) is 3.95. The van der Waals surface area contributed by atoms with Crippen molar-refractivity contribution in [1.82, 2.24) is 4.90 Å². The maximum absolute atomic E-state index is 12.1. The second kappa shape index (κ2) is 9.38. The quantitative estimate of drug-likeness (QED) is 0.713. The first-order valence-corrected chi connectivity index (χ1v) is 8.34. The number of ether oxygens (including phenoxy) is 2. The molecule has 0 aliphatic heterocycles. The van der Waals surface area contributed by atoms with Gasteiger partial charge in [-0.15, -0.1) is 0 Å². The Morgan fingerprint density at radius 1 is 1.00 bits per heavy atom. The molecule has 0 bridgehead atoms. The van der Waals surface area contributed by atoms with Gasteiger partial charge in [0.05, 0.1) is 5.56 Å². The number of esters is 1. The molecule has 0 spiro atoms. The highest BCUT2D eigenvalue weighted by Crippen LogP contribution is 2.17. The van der Waals surface area contributed by atoms with E-state index in [-0.39, 0.29) is 23.8 Å². The summed E-state index contributed by atoms with van der Waals surface area (Å²) in [6.07, 6.45) is 0. The standard InChI is InChI=1S/C20H22N2O5/c1-14-7-3-4-8-15(14)11-22(2)18(23)12-27-19(24)13-26-17-10-6-5-9-16(17)20(21)25/h3-10H,11-13H2,1-2H3,(H2,21,25). The van der Waals surface area contributed by atoms with E-state index < -0.39 is 18.5 Å². The van der Waals surface area contributed by atoms with E-state index in [2.05, 4.69) is 0 Å². The highest BCUT2D eigenvalue weighted by molar-refractivity contribution is 5.95. The third-order valence-corrected chi connectivity index (χ3v) is 3.95. The Bertz CT molecular complexity index is 835.